The lowest BCUT2D eigenvalue weighted by Crippen LogP contribution is -2.40. The highest BCUT2D eigenvalue weighted by molar-refractivity contribution is 5.71. The highest BCUT2D eigenvalue weighted by Crippen LogP contribution is 2.18. The molecule has 0 saturated carbocycles. The minimum atomic E-state index is -1.52. The molecule has 0 bridgehead atoms. The van der Waals surface area contributed by atoms with Gasteiger partial charge < -0.3 is 28.5 Å². The molecule has 0 rings (SSSR count). The summed E-state index contributed by atoms with van der Waals surface area (Å²) >= 11 is 0. The molecular weight excluding hydrogens is 1130 g/mol. The SMILES string of the molecule is CC/C=C\C/C=C\C/C=C\C/C=C\C/C=C\C/C=C\C/C=C\C/C=C\C/C=C\CCCCCCCCCCCC(=O)OC(COC(=O)CCCCCCCCCCCCCCCCCCCCCCCCCCCCCCC)COC(OCC[N+](C)(C)C)C(=O)O. The zero-order valence-electron chi connectivity index (χ0n) is 60.0. The van der Waals surface area contributed by atoms with Crippen molar-refractivity contribution in [1.82, 2.24) is 0 Å². The van der Waals surface area contributed by atoms with E-state index in [0.29, 0.717) is 23.9 Å². The Balaban J connectivity index is 4.11. The predicted octanol–water partition coefficient (Wildman–Crippen LogP) is 24.1. The van der Waals surface area contributed by atoms with Gasteiger partial charge in [-0.15, -0.1) is 0 Å². The summed E-state index contributed by atoms with van der Waals surface area (Å²) in [7, 11) is 5.98. The molecule has 0 spiro atoms. The molecule has 0 heterocycles. The number of ether oxygens (including phenoxy) is 4. The van der Waals surface area contributed by atoms with Crippen molar-refractivity contribution in [3.05, 3.63) is 109 Å². The second kappa shape index (κ2) is 71.8. The first kappa shape index (κ1) is 87.0. The molecular formula is C82H144NO8+. The van der Waals surface area contributed by atoms with E-state index in [1.807, 2.05) is 21.1 Å². The number of esters is 2. The van der Waals surface area contributed by atoms with Crippen molar-refractivity contribution < 1.29 is 42.9 Å². The van der Waals surface area contributed by atoms with Gasteiger partial charge in [0.2, 0.25) is 0 Å². The van der Waals surface area contributed by atoms with Crippen LogP contribution in [0.2, 0.25) is 0 Å². The number of allylic oxidation sites excluding steroid dienone is 18. The molecule has 91 heavy (non-hydrogen) atoms. The van der Waals surface area contributed by atoms with Crippen LogP contribution in [0.25, 0.3) is 0 Å². The predicted molar refractivity (Wildman–Crippen MR) is 392 cm³/mol. The molecule has 2 unspecified atom stereocenters. The lowest BCUT2D eigenvalue weighted by Gasteiger charge is -2.25. The number of carboxylic acids is 1. The Hall–Kier alpha value is -4.05. The molecule has 0 amide bonds. The molecule has 0 aromatic carbocycles. The largest absolute Gasteiger partial charge is 0.477 e. The molecule has 0 aromatic heterocycles. The molecule has 0 aliphatic rings. The normalized spacial score (nSPS) is 13.3. The van der Waals surface area contributed by atoms with Crippen LogP contribution < -0.4 is 0 Å². The number of rotatable bonds is 70. The fourth-order valence-electron chi connectivity index (χ4n) is 10.8. The summed E-state index contributed by atoms with van der Waals surface area (Å²) < 4.78 is 23.0. The second-order valence-corrected chi connectivity index (χ2v) is 26.6. The van der Waals surface area contributed by atoms with Gasteiger partial charge in [0.1, 0.15) is 13.2 Å². The molecule has 0 fully saturated rings. The lowest BCUT2D eigenvalue weighted by atomic mass is 10.0. The van der Waals surface area contributed by atoms with Crippen LogP contribution in [0.15, 0.2) is 109 Å². The Labute approximate surface area is 562 Å². The number of hydrogen-bond acceptors (Lipinski definition) is 7. The Morgan fingerprint density at radius 3 is 0.934 bits per heavy atom. The van der Waals surface area contributed by atoms with Gasteiger partial charge >= 0.3 is 17.9 Å². The minimum absolute atomic E-state index is 0.184. The number of carbonyl (C=O) groups excluding carboxylic acids is 2. The first-order valence-corrected chi connectivity index (χ1v) is 38.1. The summed E-state index contributed by atoms with van der Waals surface area (Å²) in [5.41, 5.74) is 0. The summed E-state index contributed by atoms with van der Waals surface area (Å²) in [6.07, 6.45) is 97.9. The maximum absolute atomic E-state index is 13.0. The van der Waals surface area contributed by atoms with Gasteiger partial charge in [-0.2, -0.15) is 0 Å². The van der Waals surface area contributed by atoms with Gasteiger partial charge in [-0.1, -0.05) is 348 Å². The fourth-order valence-corrected chi connectivity index (χ4v) is 10.8. The molecule has 524 valence electrons. The second-order valence-electron chi connectivity index (χ2n) is 26.6. The van der Waals surface area contributed by atoms with Crippen LogP contribution in [0.4, 0.5) is 0 Å². The van der Waals surface area contributed by atoms with Crippen LogP contribution in [0.5, 0.6) is 0 Å². The topological polar surface area (TPSA) is 108 Å². The van der Waals surface area contributed by atoms with Crippen LogP contribution in [-0.4, -0.2) is 87.4 Å². The standard InChI is InChI=1S/C82H143NO8/c1-6-8-10-12-14-16-18-20-22-24-26-28-30-32-34-36-37-38-39-40-41-42-43-45-47-49-51-53-55-57-59-61-63-65-67-69-71-73-80(85)91-78(77-90-82(81(86)87)88-75-74-83(3,4)5)76-89-79(84)72-70-68-66-64-62-60-58-56-54-52-50-48-46-44-35-33-31-29-27-25-23-21-19-17-15-13-11-9-7-2/h8,10,14,16,20,22,26,28,32,34,37-38,40-41,43,45,49,51,78,82H,6-7,9,11-13,15,17-19,21,23-25,27,29-31,33,35-36,39,42,44,46-48,50,52-77H2,1-5H3/p+1/b10-8-,16-14-,22-20-,28-26-,34-32-,38-37-,41-40-,45-43-,51-49-. The zero-order chi connectivity index (χ0) is 66.1. The highest BCUT2D eigenvalue weighted by Gasteiger charge is 2.25. The average molecular weight is 1270 g/mol. The van der Waals surface area contributed by atoms with Crippen molar-refractivity contribution in [2.75, 3.05) is 47.5 Å². The van der Waals surface area contributed by atoms with E-state index >= 15 is 0 Å². The molecule has 0 aromatic rings. The Morgan fingerprint density at radius 1 is 0.341 bits per heavy atom. The summed E-state index contributed by atoms with van der Waals surface area (Å²) in [4.78, 5) is 37.7. The third-order valence-corrected chi connectivity index (χ3v) is 16.5. The molecule has 0 saturated heterocycles. The number of quaternary nitrogens is 1. The van der Waals surface area contributed by atoms with E-state index in [0.717, 1.165) is 103 Å². The van der Waals surface area contributed by atoms with Crippen LogP contribution in [-0.2, 0) is 33.3 Å². The summed E-state index contributed by atoms with van der Waals surface area (Å²) in [6, 6.07) is 0. The van der Waals surface area contributed by atoms with Crippen LogP contribution in [0.1, 0.15) is 335 Å². The zero-order valence-corrected chi connectivity index (χ0v) is 60.0. The number of carbonyl (C=O) groups is 3. The van der Waals surface area contributed by atoms with Crippen molar-refractivity contribution in [1.29, 1.82) is 0 Å². The van der Waals surface area contributed by atoms with Gasteiger partial charge in [-0.3, -0.25) is 9.59 Å². The van der Waals surface area contributed by atoms with Gasteiger partial charge in [-0.05, 0) is 83.5 Å². The first-order valence-electron chi connectivity index (χ1n) is 38.1. The smallest absolute Gasteiger partial charge is 0.361 e. The van der Waals surface area contributed by atoms with Gasteiger partial charge in [0.25, 0.3) is 6.29 Å². The number of likely N-dealkylation sites (N-methyl/N-ethyl adjacent to an activating group) is 1. The highest BCUT2D eigenvalue weighted by atomic mass is 16.7. The van der Waals surface area contributed by atoms with Crippen molar-refractivity contribution in [3.63, 3.8) is 0 Å². The monoisotopic (exact) mass is 1270 g/mol. The van der Waals surface area contributed by atoms with E-state index in [9.17, 15) is 19.5 Å². The summed E-state index contributed by atoms with van der Waals surface area (Å²) in [6.45, 7) is 4.80. The van der Waals surface area contributed by atoms with Gasteiger partial charge in [0, 0.05) is 12.8 Å². The van der Waals surface area contributed by atoms with E-state index in [1.54, 1.807) is 0 Å². The maximum Gasteiger partial charge on any atom is 0.361 e. The number of aliphatic carboxylic acids is 1. The Bertz CT molecular complexity index is 1870. The van der Waals surface area contributed by atoms with E-state index in [2.05, 4.69) is 123 Å². The van der Waals surface area contributed by atoms with Gasteiger partial charge in [0.15, 0.2) is 6.10 Å². The minimum Gasteiger partial charge on any atom is -0.477 e. The van der Waals surface area contributed by atoms with Gasteiger partial charge in [0.05, 0.1) is 34.4 Å². The maximum atomic E-state index is 13.0. The Kier molecular flexibility index (Phi) is 68.6. The number of hydrogen-bond donors (Lipinski definition) is 1. The van der Waals surface area contributed by atoms with Crippen molar-refractivity contribution >= 4 is 17.9 Å². The van der Waals surface area contributed by atoms with Crippen LogP contribution >= 0.6 is 0 Å². The summed E-state index contributed by atoms with van der Waals surface area (Å²) in [5.74, 6) is -2.00. The van der Waals surface area contributed by atoms with E-state index in [1.165, 1.54) is 199 Å². The molecule has 9 nitrogen and oxygen atoms in total. The number of nitrogens with zero attached hydrogens (tertiary/aromatic N) is 1. The Morgan fingerprint density at radius 2 is 0.626 bits per heavy atom. The van der Waals surface area contributed by atoms with Gasteiger partial charge in [-0.25, -0.2) is 4.79 Å². The van der Waals surface area contributed by atoms with Crippen LogP contribution in [0, 0.1) is 0 Å². The first-order chi connectivity index (χ1) is 44.6. The molecule has 0 aliphatic heterocycles. The molecule has 9 heteroatoms. The van der Waals surface area contributed by atoms with E-state index in [4.69, 9.17) is 18.9 Å². The molecule has 0 radical (unpaired) electrons. The van der Waals surface area contributed by atoms with Crippen molar-refractivity contribution in [2.45, 2.75) is 347 Å². The molecule has 2 atom stereocenters. The number of unbranched alkanes of at least 4 members (excludes halogenated alkanes) is 37. The number of carboxylic acid groups (broad SMARTS) is 1. The average Bonchev–Trinajstić information content (AvgIpc) is 3.50. The van der Waals surface area contributed by atoms with E-state index < -0.39 is 24.3 Å². The van der Waals surface area contributed by atoms with Crippen molar-refractivity contribution in [3.8, 4) is 0 Å². The third kappa shape index (κ3) is 73.2. The van der Waals surface area contributed by atoms with Crippen molar-refractivity contribution in [2.24, 2.45) is 0 Å². The molecule has 0 aliphatic carbocycles. The van der Waals surface area contributed by atoms with Crippen LogP contribution in [0.3, 0.4) is 0 Å². The lowest BCUT2D eigenvalue weighted by molar-refractivity contribution is -0.870. The summed E-state index contributed by atoms with van der Waals surface area (Å²) in [5, 5.41) is 9.76. The quantitative estimate of drug-likeness (QED) is 0.0211. The fraction of sp³-hybridized carbons (Fsp3) is 0.744. The molecule has 1 N–H and O–H groups in total. The third-order valence-electron chi connectivity index (χ3n) is 16.5. The van der Waals surface area contributed by atoms with E-state index in [-0.39, 0.29) is 32.2 Å².